The van der Waals surface area contributed by atoms with E-state index in [-0.39, 0.29) is 5.56 Å². The molecule has 1 atom stereocenters. The van der Waals surface area contributed by atoms with Crippen LogP contribution in [0.1, 0.15) is 24.2 Å². The van der Waals surface area contributed by atoms with Crippen LogP contribution in [0.15, 0.2) is 48.5 Å². The third-order valence-corrected chi connectivity index (χ3v) is 3.47. The van der Waals surface area contributed by atoms with E-state index in [1.54, 1.807) is 48.5 Å². The molecule has 0 saturated heterocycles. The fourth-order valence-electron chi connectivity index (χ4n) is 2.19. The number of urea groups is 1. The van der Waals surface area contributed by atoms with Gasteiger partial charge in [0.25, 0.3) is 5.91 Å². The number of imide groups is 1. The Kier molecular flexibility index (Phi) is 6.27. The molecule has 0 fully saturated rings. The number of rotatable bonds is 5. The van der Waals surface area contributed by atoms with Crippen LogP contribution in [0.4, 0.5) is 4.79 Å². The summed E-state index contributed by atoms with van der Waals surface area (Å²) in [6.07, 6.45) is -1.17. The van der Waals surface area contributed by atoms with Gasteiger partial charge in [0.15, 0.2) is 6.10 Å². The highest BCUT2D eigenvalue weighted by atomic mass is 16.5. The number of benzene rings is 2. The predicted octanol–water partition coefficient (Wildman–Crippen LogP) is 2.02. The first-order valence-electron chi connectivity index (χ1n) is 7.96. The fraction of sp³-hybridized carbons (Fsp3) is 0.158. The van der Waals surface area contributed by atoms with Gasteiger partial charge in [-0.25, -0.2) is 9.59 Å². The van der Waals surface area contributed by atoms with Crippen LogP contribution in [-0.2, 0) is 14.3 Å². The van der Waals surface area contributed by atoms with Crippen molar-refractivity contribution >= 4 is 23.9 Å². The van der Waals surface area contributed by atoms with E-state index in [2.05, 4.69) is 0 Å². The summed E-state index contributed by atoms with van der Waals surface area (Å²) in [6.45, 7) is 2.65. The van der Waals surface area contributed by atoms with Crippen molar-refractivity contribution in [3.63, 3.8) is 0 Å². The van der Waals surface area contributed by atoms with Crippen molar-refractivity contribution in [1.82, 2.24) is 5.32 Å². The van der Waals surface area contributed by atoms with Gasteiger partial charge in [-0.15, -0.1) is 0 Å². The minimum atomic E-state index is -1.17. The lowest BCUT2D eigenvalue weighted by Gasteiger charge is -2.12. The summed E-state index contributed by atoms with van der Waals surface area (Å²) < 4.78 is 9.96. The average molecular weight is 370 g/mol. The Bertz CT molecular complexity index is 859. The molecular weight excluding hydrogens is 352 g/mol. The summed E-state index contributed by atoms with van der Waals surface area (Å²) in [4.78, 5) is 45.2. The van der Waals surface area contributed by atoms with Gasteiger partial charge >= 0.3 is 18.0 Å². The molecule has 0 saturated carbocycles. The maximum absolute atomic E-state index is 12.1. The number of nitrogens with two attached hydrogens (primary N) is 1. The molecule has 27 heavy (non-hydrogen) atoms. The van der Waals surface area contributed by atoms with Crippen LogP contribution in [-0.4, -0.2) is 30.0 Å². The van der Waals surface area contributed by atoms with Crippen LogP contribution in [0.5, 0.6) is 5.75 Å². The minimum absolute atomic E-state index is 0.244. The van der Waals surface area contributed by atoms with Gasteiger partial charge in [0.05, 0.1) is 5.56 Å². The van der Waals surface area contributed by atoms with E-state index in [0.29, 0.717) is 5.75 Å². The topological polar surface area (TPSA) is 125 Å². The molecule has 0 unspecified atom stereocenters. The van der Waals surface area contributed by atoms with Crippen molar-refractivity contribution in [3.05, 3.63) is 54.1 Å². The molecule has 0 aliphatic carbocycles. The van der Waals surface area contributed by atoms with Gasteiger partial charge in [0.2, 0.25) is 0 Å². The highest BCUT2D eigenvalue weighted by molar-refractivity contribution is 5.98. The maximum atomic E-state index is 12.1. The van der Waals surface area contributed by atoms with E-state index in [1.165, 1.54) is 13.8 Å². The number of primary amides is 1. The van der Waals surface area contributed by atoms with Gasteiger partial charge in [-0.1, -0.05) is 24.3 Å². The molecule has 2 rings (SSSR count). The van der Waals surface area contributed by atoms with Gasteiger partial charge in [-0.05, 0) is 42.3 Å². The summed E-state index contributed by atoms with van der Waals surface area (Å²) in [5.41, 5.74) is 6.78. The second-order valence-corrected chi connectivity index (χ2v) is 5.60. The van der Waals surface area contributed by atoms with Gasteiger partial charge < -0.3 is 15.2 Å². The molecule has 2 aromatic rings. The number of ether oxygens (including phenoxy) is 2. The van der Waals surface area contributed by atoms with Crippen molar-refractivity contribution in [2.75, 3.05) is 0 Å². The smallest absolute Gasteiger partial charge is 0.338 e. The summed E-state index contributed by atoms with van der Waals surface area (Å²) in [7, 11) is 0. The Hall–Kier alpha value is -3.68. The summed E-state index contributed by atoms with van der Waals surface area (Å²) in [5, 5.41) is 1.84. The molecule has 140 valence electrons. The van der Waals surface area contributed by atoms with Crippen molar-refractivity contribution in [2.45, 2.75) is 20.0 Å². The van der Waals surface area contributed by atoms with Crippen LogP contribution in [0.2, 0.25) is 0 Å². The molecule has 0 heterocycles. The Morgan fingerprint density at radius 3 is 1.93 bits per heavy atom. The van der Waals surface area contributed by atoms with Crippen molar-refractivity contribution in [2.24, 2.45) is 5.73 Å². The summed E-state index contributed by atoms with van der Waals surface area (Å²) in [5.74, 6) is -1.47. The van der Waals surface area contributed by atoms with Crippen LogP contribution in [0.25, 0.3) is 11.1 Å². The van der Waals surface area contributed by atoms with Gasteiger partial charge in [-0.3, -0.25) is 14.9 Å². The molecule has 3 amide bonds. The molecule has 0 bridgehead atoms. The van der Waals surface area contributed by atoms with Gasteiger partial charge in [-0.2, -0.15) is 0 Å². The zero-order valence-corrected chi connectivity index (χ0v) is 14.7. The molecule has 0 spiro atoms. The SMILES string of the molecule is CC(=O)Oc1ccc(-c2ccc(C(=O)O[C@@H](C)C(=O)NC(N)=O)cc2)cc1. The number of nitrogens with one attached hydrogen (secondary N) is 1. The highest BCUT2D eigenvalue weighted by Gasteiger charge is 2.20. The van der Waals surface area contributed by atoms with E-state index in [4.69, 9.17) is 15.2 Å². The van der Waals surface area contributed by atoms with Gasteiger partial charge in [0, 0.05) is 6.92 Å². The Labute approximate surface area is 155 Å². The molecule has 0 aromatic heterocycles. The lowest BCUT2D eigenvalue weighted by Crippen LogP contribution is -2.42. The van der Waals surface area contributed by atoms with Crippen LogP contribution >= 0.6 is 0 Å². The van der Waals surface area contributed by atoms with Crippen molar-refractivity contribution in [3.8, 4) is 16.9 Å². The summed E-state index contributed by atoms with van der Waals surface area (Å²) in [6, 6.07) is 12.4. The lowest BCUT2D eigenvalue weighted by molar-refractivity contribution is -0.132. The first kappa shape index (κ1) is 19.6. The molecule has 0 aliphatic rings. The predicted molar refractivity (Wildman–Crippen MR) is 95.8 cm³/mol. The molecule has 3 N–H and O–H groups in total. The second kappa shape index (κ2) is 8.61. The standard InChI is InChI=1S/C19H18N2O6/c1-11(17(23)21-19(20)25)26-18(24)15-5-3-13(4-6-15)14-7-9-16(10-8-14)27-12(2)22/h3-11H,1-2H3,(H3,20,21,23,25)/t11-/m0/s1. The monoisotopic (exact) mass is 370 g/mol. The number of amides is 3. The van der Waals surface area contributed by atoms with Crippen LogP contribution < -0.4 is 15.8 Å². The third-order valence-electron chi connectivity index (χ3n) is 3.47. The van der Waals surface area contributed by atoms with E-state index in [1.807, 2.05) is 5.32 Å². The number of hydrogen-bond acceptors (Lipinski definition) is 6. The molecule has 0 aliphatic heterocycles. The average Bonchev–Trinajstić information content (AvgIpc) is 2.61. The van der Waals surface area contributed by atoms with E-state index in [0.717, 1.165) is 11.1 Å². The first-order valence-corrected chi connectivity index (χ1v) is 7.96. The van der Waals surface area contributed by atoms with Gasteiger partial charge in [0.1, 0.15) is 5.75 Å². The molecular formula is C19H18N2O6. The van der Waals surface area contributed by atoms with E-state index < -0.39 is 30.0 Å². The maximum Gasteiger partial charge on any atom is 0.338 e. The Balaban J connectivity index is 2.03. The lowest BCUT2D eigenvalue weighted by atomic mass is 10.0. The quantitative estimate of drug-likeness (QED) is 0.613. The minimum Gasteiger partial charge on any atom is -0.449 e. The largest absolute Gasteiger partial charge is 0.449 e. The van der Waals surface area contributed by atoms with Crippen LogP contribution in [0, 0.1) is 0 Å². The zero-order valence-electron chi connectivity index (χ0n) is 14.7. The van der Waals surface area contributed by atoms with E-state index >= 15 is 0 Å². The third kappa shape index (κ3) is 5.67. The normalized spacial score (nSPS) is 11.2. The Morgan fingerprint density at radius 1 is 0.926 bits per heavy atom. The molecule has 2 aromatic carbocycles. The van der Waals surface area contributed by atoms with Crippen LogP contribution in [0.3, 0.4) is 0 Å². The molecule has 8 nitrogen and oxygen atoms in total. The first-order chi connectivity index (χ1) is 12.8. The Morgan fingerprint density at radius 2 is 1.44 bits per heavy atom. The molecule has 8 heteroatoms. The number of carbonyl (C=O) groups is 4. The van der Waals surface area contributed by atoms with E-state index in [9.17, 15) is 19.2 Å². The van der Waals surface area contributed by atoms with Crippen molar-refractivity contribution < 1.29 is 28.7 Å². The fourth-order valence-corrected chi connectivity index (χ4v) is 2.19. The second-order valence-electron chi connectivity index (χ2n) is 5.60. The number of esters is 2. The molecule has 0 radical (unpaired) electrons. The van der Waals surface area contributed by atoms with Crippen molar-refractivity contribution in [1.29, 1.82) is 0 Å². The number of hydrogen-bond donors (Lipinski definition) is 2. The zero-order chi connectivity index (χ0) is 20.0. The number of carbonyl (C=O) groups excluding carboxylic acids is 4. The highest BCUT2D eigenvalue weighted by Crippen LogP contribution is 2.23. The summed E-state index contributed by atoms with van der Waals surface area (Å²) >= 11 is 0.